The maximum atomic E-state index is 12.8. The molecule has 1 nitrogen and oxygen atoms in total. The van der Waals surface area contributed by atoms with E-state index in [0.29, 0.717) is 5.41 Å². The highest BCUT2D eigenvalue weighted by Gasteiger charge is 2.37. The molecule has 0 aromatic heterocycles. The average Bonchev–Trinajstić information content (AvgIpc) is 2.82. The summed E-state index contributed by atoms with van der Waals surface area (Å²) in [5.74, 6) is -0.173. The summed E-state index contributed by atoms with van der Waals surface area (Å²) >= 11 is 0. The molecule has 1 saturated carbocycles. The highest BCUT2D eigenvalue weighted by molar-refractivity contribution is 5.18. The summed E-state index contributed by atoms with van der Waals surface area (Å²) in [5.41, 5.74) is 7.88. The fourth-order valence-electron chi connectivity index (χ4n) is 3.16. The van der Waals surface area contributed by atoms with Gasteiger partial charge in [-0.15, -0.1) is 0 Å². The predicted molar refractivity (Wildman–Crippen MR) is 69.3 cm³/mol. The van der Waals surface area contributed by atoms with E-state index in [0.717, 1.165) is 18.4 Å². The SMILES string of the molecule is CCC1(C(N)Cc2ccc(F)cc2)CCCC1. The minimum Gasteiger partial charge on any atom is -0.327 e. The fourth-order valence-corrected chi connectivity index (χ4v) is 3.16. The van der Waals surface area contributed by atoms with Crippen LogP contribution >= 0.6 is 0 Å². The molecule has 2 N–H and O–H groups in total. The van der Waals surface area contributed by atoms with Gasteiger partial charge in [-0.3, -0.25) is 0 Å². The van der Waals surface area contributed by atoms with Crippen LogP contribution in [-0.4, -0.2) is 6.04 Å². The molecule has 0 aliphatic heterocycles. The zero-order valence-electron chi connectivity index (χ0n) is 10.6. The van der Waals surface area contributed by atoms with Crippen LogP contribution in [0.2, 0.25) is 0 Å². The summed E-state index contributed by atoms with van der Waals surface area (Å²) in [6.45, 7) is 2.25. The molecule has 1 aromatic carbocycles. The van der Waals surface area contributed by atoms with E-state index in [2.05, 4.69) is 6.92 Å². The van der Waals surface area contributed by atoms with Crippen molar-refractivity contribution >= 4 is 0 Å². The summed E-state index contributed by atoms with van der Waals surface area (Å²) in [6.07, 6.45) is 7.16. The van der Waals surface area contributed by atoms with Crippen molar-refractivity contribution in [1.29, 1.82) is 0 Å². The lowest BCUT2D eigenvalue weighted by atomic mass is 9.74. The Morgan fingerprint density at radius 1 is 1.24 bits per heavy atom. The zero-order valence-corrected chi connectivity index (χ0v) is 10.6. The second-order valence-electron chi connectivity index (χ2n) is 5.36. The third kappa shape index (κ3) is 2.68. The summed E-state index contributed by atoms with van der Waals surface area (Å²) in [4.78, 5) is 0. The summed E-state index contributed by atoms with van der Waals surface area (Å²) in [7, 11) is 0. The van der Waals surface area contributed by atoms with Crippen LogP contribution in [0.4, 0.5) is 4.39 Å². The molecule has 0 saturated heterocycles. The molecule has 0 radical (unpaired) electrons. The van der Waals surface area contributed by atoms with Gasteiger partial charge in [-0.05, 0) is 48.8 Å². The van der Waals surface area contributed by atoms with Gasteiger partial charge in [-0.25, -0.2) is 4.39 Å². The molecule has 0 amide bonds. The summed E-state index contributed by atoms with van der Waals surface area (Å²) in [5, 5.41) is 0. The van der Waals surface area contributed by atoms with Gasteiger partial charge in [0.15, 0.2) is 0 Å². The number of hydrogen-bond donors (Lipinski definition) is 1. The molecule has 1 unspecified atom stereocenters. The molecule has 1 atom stereocenters. The quantitative estimate of drug-likeness (QED) is 0.846. The van der Waals surface area contributed by atoms with Crippen LogP contribution in [0, 0.1) is 11.2 Å². The Hall–Kier alpha value is -0.890. The van der Waals surface area contributed by atoms with Crippen molar-refractivity contribution in [1.82, 2.24) is 0 Å². The highest BCUT2D eigenvalue weighted by Crippen LogP contribution is 2.43. The first-order valence-corrected chi connectivity index (χ1v) is 6.66. The second kappa shape index (κ2) is 5.18. The standard InChI is InChI=1S/C15H22FN/c1-2-15(9-3-4-10-15)14(17)11-12-5-7-13(16)8-6-12/h5-8,14H,2-4,9-11,17H2,1H3. The number of benzene rings is 1. The third-order valence-electron chi connectivity index (χ3n) is 4.46. The number of hydrogen-bond acceptors (Lipinski definition) is 1. The number of halogens is 1. The number of nitrogens with two attached hydrogens (primary N) is 1. The molecule has 0 bridgehead atoms. The first kappa shape index (κ1) is 12.6. The molecule has 17 heavy (non-hydrogen) atoms. The van der Waals surface area contributed by atoms with Gasteiger partial charge in [0.25, 0.3) is 0 Å². The largest absolute Gasteiger partial charge is 0.327 e. The Labute approximate surface area is 103 Å². The van der Waals surface area contributed by atoms with Crippen LogP contribution in [0.1, 0.15) is 44.6 Å². The fraction of sp³-hybridized carbons (Fsp3) is 0.600. The minimum absolute atomic E-state index is 0.173. The van der Waals surface area contributed by atoms with Gasteiger partial charge in [0, 0.05) is 6.04 Å². The van der Waals surface area contributed by atoms with Gasteiger partial charge in [0.1, 0.15) is 5.82 Å². The Balaban J connectivity index is 2.05. The molecule has 94 valence electrons. The predicted octanol–water partition coefficient (Wildman–Crippen LogP) is 3.67. The van der Waals surface area contributed by atoms with Crippen LogP contribution in [0.25, 0.3) is 0 Å². The van der Waals surface area contributed by atoms with Crippen molar-refractivity contribution in [3.8, 4) is 0 Å². The first-order chi connectivity index (χ1) is 8.16. The molecule has 2 heteroatoms. The smallest absolute Gasteiger partial charge is 0.123 e. The van der Waals surface area contributed by atoms with Crippen LogP contribution in [0.5, 0.6) is 0 Å². The second-order valence-corrected chi connectivity index (χ2v) is 5.36. The lowest BCUT2D eigenvalue weighted by Crippen LogP contribution is -2.41. The maximum Gasteiger partial charge on any atom is 0.123 e. The van der Waals surface area contributed by atoms with Crippen molar-refractivity contribution in [2.75, 3.05) is 0 Å². The van der Waals surface area contributed by atoms with E-state index in [4.69, 9.17) is 5.73 Å². The highest BCUT2D eigenvalue weighted by atomic mass is 19.1. The topological polar surface area (TPSA) is 26.0 Å². The van der Waals surface area contributed by atoms with E-state index < -0.39 is 0 Å². The average molecular weight is 235 g/mol. The molecule has 0 spiro atoms. The van der Waals surface area contributed by atoms with Gasteiger partial charge in [0.05, 0.1) is 0 Å². The van der Waals surface area contributed by atoms with E-state index in [1.54, 1.807) is 0 Å². The molecule has 2 rings (SSSR count). The molecule has 0 heterocycles. The lowest BCUT2D eigenvalue weighted by Gasteiger charge is -2.34. The molecular weight excluding hydrogens is 213 g/mol. The third-order valence-corrected chi connectivity index (χ3v) is 4.46. The minimum atomic E-state index is -0.173. The molecule has 1 fully saturated rings. The van der Waals surface area contributed by atoms with E-state index in [9.17, 15) is 4.39 Å². The van der Waals surface area contributed by atoms with Crippen molar-refractivity contribution < 1.29 is 4.39 Å². The van der Waals surface area contributed by atoms with E-state index in [1.165, 1.54) is 37.8 Å². The van der Waals surface area contributed by atoms with Crippen molar-refractivity contribution in [2.24, 2.45) is 11.1 Å². The van der Waals surface area contributed by atoms with Gasteiger partial charge >= 0.3 is 0 Å². The first-order valence-electron chi connectivity index (χ1n) is 6.66. The van der Waals surface area contributed by atoms with Crippen LogP contribution in [-0.2, 0) is 6.42 Å². The van der Waals surface area contributed by atoms with Crippen molar-refractivity contribution in [2.45, 2.75) is 51.5 Å². The van der Waals surface area contributed by atoms with Gasteiger partial charge < -0.3 is 5.73 Å². The lowest BCUT2D eigenvalue weighted by molar-refractivity contribution is 0.219. The molecule has 1 aliphatic rings. The maximum absolute atomic E-state index is 12.8. The van der Waals surface area contributed by atoms with E-state index in [-0.39, 0.29) is 11.9 Å². The Morgan fingerprint density at radius 2 is 1.82 bits per heavy atom. The van der Waals surface area contributed by atoms with Crippen molar-refractivity contribution in [3.63, 3.8) is 0 Å². The van der Waals surface area contributed by atoms with E-state index in [1.807, 2.05) is 12.1 Å². The van der Waals surface area contributed by atoms with Crippen molar-refractivity contribution in [3.05, 3.63) is 35.6 Å². The Kier molecular flexibility index (Phi) is 3.82. The van der Waals surface area contributed by atoms with Crippen LogP contribution in [0.15, 0.2) is 24.3 Å². The van der Waals surface area contributed by atoms with Gasteiger partial charge in [-0.2, -0.15) is 0 Å². The monoisotopic (exact) mass is 235 g/mol. The zero-order chi connectivity index (χ0) is 12.3. The Bertz CT molecular complexity index is 352. The molecule has 1 aliphatic carbocycles. The number of rotatable bonds is 4. The van der Waals surface area contributed by atoms with Crippen LogP contribution in [0.3, 0.4) is 0 Å². The Morgan fingerprint density at radius 3 is 2.35 bits per heavy atom. The normalized spacial score (nSPS) is 20.4. The van der Waals surface area contributed by atoms with Crippen LogP contribution < -0.4 is 5.73 Å². The molecule has 1 aromatic rings. The van der Waals surface area contributed by atoms with E-state index >= 15 is 0 Å². The summed E-state index contributed by atoms with van der Waals surface area (Å²) < 4.78 is 12.8. The van der Waals surface area contributed by atoms with Gasteiger partial charge in [0.2, 0.25) is 0 Å². The molecular formula is C15H22FN. The van der Waals surface area contributed by atoms with Gasteiger partial charge in [-0.1, -0.05) is 31.9 Å². The summed E-state index contributed by atoms with van der Waals surface area (Å²) in [6, 6.07) is 6.96.